The molecule has 15 heavy (non-hydrogen) atoms. The van der Waals surface area contributed by atoms with Crippen molar-refractivity contribution in [3.8, 4) is 0 Å². The minimum absolute atomic E-state index is 0.326. The summed E-state index contributed by atoms with van der Waals surface area (Å²) in [6.07, 6.45) is 2.05. The van der Waals surface area contributed by atoms with Crippen LogP contribution in [0.4, 0.5) is 0 Å². The lowest BCUT2D eigenvalue weighted by molar-refractivity contribution is 0.0843. The minimum Gasteiger partial charge on any atom is -0.388 e. The zero-order chi connectivity index (χ0) is 11.3. The van der Waals surface area contributed by atoms with Gasteiger partial charge in [-0.05, 0) is 17.4 Å². The molecule has 0 saturated carbocycles. The Hall–Kier alpha value is -0.820. The molecule has 0 aliphatic heterocycles. The van der Waals surface area contributed by atoms with Crippen LogP contribution in [-0.2, 0) is 0 Å². The first-order chi connectivity index (χ1) is 7.16. The summed E-state index contributed by atoms with van der Waals surface area (Å²) in [6.45, 7) is 6.55. The average Bonchev–Trinajstić information content (AvgIpc) is 2.28. The molecule has 0 aliphatic carbocycles. The molecule has 1 aromatic carbocycles. The van der Waals surface area contributed by atoms with Crippen molar-refractivity contribution in [2.24, 2.45) is 11.8 Å². The third kappa shape index (κ3) is 3.35. The largest absolute Gasteiger partial charge is 0.388 e. The Labute approximate surface area is 93.1 Å². The highest BCUT2D eigenvalue weighted by atomic mass is 16.3. The summed E-state index contributed by atoms with van der Waals surface area (Å²) in [5.41, 5.74) is 1.04. The van der Waals surface area contributed by atoms with E-state index in [9.17, 15) is 5.11 Å². The molecule has 3 atom stereocenters. The fourth-order valence-corrected chi connectivity index (χ4v) is 1.98. The molecule has 1 N–H and O–H groups in total. The summed E-state index contributed by atoms with van der Waals surface area (Å²) in [7, 11) is 0. The zero-order valence-corrected chi connectivity index (χ0v) is 9.98. The smallest absolute Gasteiger partial charge is 0.0818 e. The van der Waals surface area contributed by atoms with Crippen LogP contribution < -0.4 is 0 Å². The second-order valence-electron chi connectivity index (χ2n) is 4.48. The molecule has 0 aliphatic rings. The SMILES string of the molecule is CCCC(C)C(C)C(O)c1ccccc1. The van der Waals surface area contributed by atoms with Crippen LogP contribution in [0.2, 0.25) is 0 Å². The molecular formula is C14H22O. The van der Waals surface area contributed by atoms with Crippen LogP contribution in [0.1, 0.15) is 45.3 Å². The van der Waals surface area contributed by atoms with Crippen molar-refractivity contribution in [2.45, 2.75) is 39.7 Å². The Kier molecular flexibility index (Phi) is 4.83. The van der Waals surface area contributed by atoms with E-state index in [4.69, 9.17) is 0 Å². The minimum atomic E-state index is -0.326. The van der Waals surface area contributed by atoms with Gasteiger partial charge in [0.2, 0.25) is 0 Å². The fraction of sp³-hybridized carbons (Fsp3) is 0.571. The quantitative estimate of drug-likeness (QED) is 0.777. The standard InChI is InChI=1S/C14H22O/c1-4-8-11(2)12(3)14(15)13-9-6-5-7-10-13/h5-7,9-12,14-15H,4,8H2,1-3H3. The fourth-order valence-electron chi connectivity index (χ4n) is 1.98. The van der Waals surface area contributed by atoms with Crippen LogP contribution in [0.25, 0.3) is 0 Å². The van der Waals surface area contributed by atoms with Gasteiger partial charge in [0.05, 0.1) is 6.10 Å². The van der Waals surface area contributed by atoms with E-state index in [0.29, 0.717) is 11.8 Å². The van der Waals surface area contributed by atoms with Crippen LogP contribution in [-0.4, -0.2) is 5.11 Å². The maximum Gasteiger partial charge on any atom is 0.0818 e. The number of benzene rings is 1. The molecule has 0 saturated heterocycles. The van der Waals surface area contributed by atoms with Crippen molar-refractivity contribution in [1.82, 2.24) is 0 Å². The average molecular weight is 206 g/mol. The normalized spacial score (nSPS) is 17.1. The van der Waals surface area contributed by atoms with E-state index < -0.39 is 0 Å². The van der Waals surface area contributed by atoms with Crippen molar-refractivity contribution in [3.63, 3.8) is 0 Å². The van der Waals surface area contributed by atoms with Gasteiger partial charge >= 0.3 is 0 Å². The summed E-state index contributed by atoms with van der Waals surface area (Å²) in [6, 6.07) is 9.95. The summed E-state index contributed by atoms with van der Waals surface area (Å²) < 4.78 is 0. The van der Waals surface area contributed by atoms with Crippen LogP contribution in [0.15, 0.2) is 30.3 Å². The molecule has 0 spiro atoms. The lowest BCUT2D eigenvalue weighted by atomic mass is 9.84. The predicted molar refractivity (Wildman–Crippen MR) is 64.6 cm³/mol. The van der Waals surface area contributed by atoms with E-state index in [1.807, 2.05) is 30.3 Å². The molecule has 0 bridgehead atoms. The molecule has 0 heterocycles. The number of aliphatic hydroxyl groups excluding tert-OH is 1. The van der Waals surface area contributed by atoms with E-state index in [-0.39, 0.29) is 6.10 Å². The highest BCUT2D eigenvalue weighted by Gasteiger charge is 2.21. The van der Waals surface area contributed by atoms with Crippen LogP contribution in [0.3, 0.4) is 0 Å². The summed E-state index contributed by atoms with van der Waals surface area (Å²) in [5.74, 6) is 0.901. The summed E-state index contributed by atoms with van der Waals surface area (Å²) in [5, 5.41) is 10.2. The second-order valence-corrected chi connectivity index (χ2v) is 4.48. The van der Waals surface area contributed by atoms with Gasteiger partial charge in [-0.1, -0.05) is 63.9 Å². The molecule has 84 valence electrons. The lowest BCUT2D eigenvalue weighted by Crippen LogP contribution is -2.17. The first-order valence-electron chi connectivity index (χ1n) is 5.89. The van der Waals surface area contributed by atoms with Gasteiger partial charge in [-0.3, -0.25) is 0 Å². The Morgan fingerprint density at radius 1 is 1.13 bits per heavy atom. The van der Waals surface area contributed by atoms with Gasteiger partial charge in [-0.15, -0.1) is 0 Å². The highest BCUT2D eigenvalue weighted by Crippen LogP contribution is 2.29. The first kappa shape index (κ1) is 12.3. The third-order valence-electron chi connectivity index (χ3n) is 3.28. The van der Waals surface area contributed by atoms with Crippen molar-refractivity contribution in [1.29, 1.82) is 0 Å². The van der Waals surface area contributed by atoms with Crippen molar-refractivity contribution in [3.05, 3.63) is 35.9 Å². The molecule has 0 amide bonds. The van der Waals surface area contributed by atoms with E-state index >= 15 is 0 Å². The van der Waals surface area contributed by atoms with Crippen LogP contribution in [0.5, 0.6) is 0 Å². The first-order valence-corrected chi connectivity index (χ1v) is 5.89. The Balaban J connectivity index is 2.64. The van der Waals surface area contributed by atoms with E-state index in [2.05, 4.69) is 20.8 Å². The number of hydrogen-bond donors (Lipinski definition) is 1. The summed E-state index contributed by atoms with van der Waals surface area (Å²) in [4.78, 5) is 0. The number of rotatable bonds is 5. The van der Waals surface area contributed by atoms with Crippen molar-refractivity contribution in [2.75, 3.05) is 0 Å². The maximum absolute atomic E-state index is 10.2. The molecule has 1 heteroatoms. The van der Waals surface area contributed by atoms with Gasteiger partial charge in [0.15, 0.2) is 0 Å². The second kappa shape index (κ2) is 5.92. The molecule has 1 nitrogen and oxygen atoms in total. The van der Waals surface area contributed by atoms with Gasteiger partial charge in [0.25, 0.3) is 0 Å². The van der Waals surface area contributed by atoms with Gasteiger partial charge in [-0.2, -0.15) is 0 Å². The van der Waals surface area contributed by atoms with Crippen molar-refractivity contribution < 1.29 is 5.11 Å². The lowest BCUT2D eigenvalue weighted by Gasteiger charge is -2.25. The van der Waals surface area contributed by atoms with E-state index in [1.54, 1.807) is 0 Å². The predicted octanol–water partition coefficient (Wildman–Crippen LogP) is 3.79. The molecule has 1 aromatic rings. The Morgan fingerprint density at radius 3 is 2.27 bits per heavy atom. The highest BCUT2D eigenvalue weighted by molar-refractivity contribution is 5.17. The molecule has 0 aromatic heterocycles. The van der Waals surface area contributed by atoms with Gasteiger partial charge in [-0.25, -0.2) is 0 Å². The van der Waals surface area contributed by atoms with Gasteiger partial charge in [0.1, 0.15) is 0 Å². The van der Waals surface area contributed by atoms with Gasteiger partial charge in [0, 0.05) is 0 Å². The molecular weight excluding hydrogens is 184 g/mol. The van der Waals surface area contributed by atoms with E-state index in [1.165, 1.54) is 12.8 Å². The van der Waals surface area contributed by atoms with Crippen LogP contribution >= 0.6 is 0 Å². The van der Waals surface area contributed by atoms with Crippen molar-refractivity contribution >= 4 is 0 Å². The monoisotopic (exact) mass is 206 g/mol. The molecule has 3 unspecified atom stereocenters. The zero-order valence-electron chi connectivity index (χ0n) is 9.98. The number of hydrogen-bond acceptors (Lipinski definition) is 1. The Morgan fingerprint density at radius 2 is 1.73 bits per heavy atom. The Bertz CT molecular complexity index is 268. The molecule has 0 fully saturated rings. The van der Waals surface area contributed by atoms with Crippen LogP contribution in [0, 0.1) is 11.8 Å². The summed E-state index contributed by atoms with van der Waals surface area (Å²) >= 11 is 0. The molecule has 1 rings (SSSR count). The molecule has 0 radical (unpaired) electrons. The van der Waals surface area contributed by atoms with Gasteiger partial charge < -0.3 is 5.11 Å². The third-order valence-corrected chi connectivity index (χ3v) is 3.28. The number of aliphatic hydroxyl groups is 1. The van der Waals surface area contributed by atoms with E-state index in [0.717, 1.165) is 5.56 Å². The topological polar surface area (TPSA) is 20.2 Å². The maximum atomic E-state index is 10.2.